The van der Waals surface area contributed by atoms with Crippen LogP contribution in [0.4, 0.5) is 4.79 Å². The fraction of sp³-hybridized carbons (Fsp3) is 0.667. The van der Waals surface area contributed by atoms with Gasteiger partial charge in [-0.3, -0.25) is 4.79 Å². The molecule has 3 amide bonds. The van der Waals surface area contributed by atoms with Gasteiger partial charge in [-0.25, -0.2) is 9.59 Å². The lowest BCUT2D eigenvalue weighted by Gasteiger charge is -2.21. The highest BCUT2D eigenvalue weighted by atomic mass is 16.4. The topological polar surface area (TPSA) is 119 Å². The highest BCUT2D eigenvalue weighted by Crippen LogP contribution is 2.17. The van der Waals surface area contributed by atoms with E-state index in [9.17, 15) is 19.5 Å². The number of urea groups is 1. The summed E-state index contributed by atoms with van der Waals surface area (Å²) in [4.78, 5) is 34.3. The maximum Gasteiger partial charge on any atom is 0.326 e. The van der Waals surface area contributed by atoms with Crippen molar-refractivity contribution in [3.8, 4) is 0 Å². The minimum absolute atomic E-state index is 0.00271. The van der Waals surface area contributed by atoms with E-state index in [1.165, 1.54) is 7.05 Å². The molecule has 0 aromatic heterocycles. The van der Waals surface area contributed by atoms with Crippen molar-refractivity contribution in [2.45, 2.75) is 18.6 Å². The molecule has 1 saturated heterocycles. The summed E-state index contributed by atoms with van der Waals surface area (Å²) in [7, 11) is 1.42. The normalized spacial score (nSPS) is 23.3. The lowest BCUT2D eigenvalue weighted by atomic mass is 10.2. The first kappa shape index (κ1) is 13.2. The number of aliphatic hydroxyl groups excluding tert-OH is 1. The number of likely N-dealkylation sites (tertiary alicyclic amines) is 1. The Balaban J connectivity index is 2.55. The van der Waals surface area contributed by atoms with Gasteiger partial charge in [-0.2, -0.15) is 0 Å². The van der Waals surface area contributed by atoms with Crippen molar-refractivity contribution in [2.75, 3.05) is 20.1 Å². The third-order valence-corrected chi connectivity index (χ3v) is 2.50. The van der Waals surface area contributed by atoms with Gasteiger partial charge in [-0.15, -0.1) is 0 Å². The maximum absolute atomic E-state index is 11.6. The van der Waals surface area contributed by atoms with E-state index in [4.69, 9.17) is 5.11 Å². The lowest BCUT2D eigenvalue weighted by molar-refractivity contribution is -0.141. The largest absolute Gasteiger partial charge is 0.480 e. The number of carbonyl (C=O) groups is 3. The van der Waals surface area contributed by atoms with E-state index in [0.717, 1.165) is 4.90 Å². The maximum atomic E-state index is 11.6. The third kappa shape index (κ3) is 3.31. The van der Waals surface area contributed by atoms with E-state index >= 15 is 0 Å². The van der Waals surface area contributed by atoms with Crippen LogP contribution < -0.4 is 10.6 Å². The van der Waals surface area contributed by atoms with Gasteiger partial charge >= 0.3 is 12.0 Å². The molecule has 0 radical (unpaired) electrons. The number of rotatable bonds is 3. The average Bonchev–Trinajstić information content (AvgIpc) is 2.67. The second kappa shape index (κ2) is 5.48. The number of nitrogens with zero attached hydrogens (tertiary/aromatic N) is 1. The number of carboxylic acids is 1. The summed E-state index contributed by atoms with van der Waals surface area (Å²) in [6.07, 6.45) is -0.843. The van der Waals surface area contributed by atoms with Gasteiger partial charge in [0.1, 0.15) is 6.04 Å². The number of aliphatic hydroxyl groups is 1. The first-order chi connectivity index (χ1) is 7.95. The molecule has 1 fully saturated rings. The second-order valence-electron chi connectivity index (χ2n) is 3.73. The molecule has 8 heteroatoms. The van der Waals surface area contributed by atoms with Gasteiger partial charge in [0, 0.05) is 20.0 Å². The van der Waals surface area contributed by atoms with E-state index in [2.05, 4.69) is 10.6 Å². The summed E-state index contributed by atoms with van der Waals surface area (Å²) in [5.41, 5.74) is 0. The number of carboxylic acid groups (broad SMARTS) is 1. The van der Waals surface area contributed by atoms with Crippen LogP contribution in [0.15, 0.2) is 0 Å². The van der Waals surface area contributed by atoms with Crippen LogP contribution in [0.3, 0.4) is 0 Å². The number of hydrogen-bond acceptors (Lipinski definition) is 4. The van der Waals surface area contributed by atoms with Gasteiger partial charge < -0.3 is 25.7 Å². The van der Waals surface area contributed by atoms with Gasteiger partial charge in [0.25, 0.3) is 0 Å². The van der Waals surface area contributed by atoms with Crippen LogP contribution in [0.25, 0.3) is 0 Å². The van der Waals surface area contributed by atoms with Gasteiger partial charge in [-0.1, -0.05) is 0 Å². The van der Waals surface area contributed by atoms with Crippen molar-refractivity contribution in [2.24, 2.45) is 0 Å². The molecule has 0 saturated carbocycles. The van der Waals surface area contributed by atoms with Gasteiger partial charge in [0.05, 0.1) is 12.6 Å². The first-order valence-electron chi connectivity index (χ1n) is 5.11. The average molecular weight is 245 g/mol. The zero-order chi connectivity index (χ0) is 13.0. The Hall–Kier alpha value is -1.83. The quantitative estimate of drug-likeness (QED) is 0.457. The summed E-state index contributed by atoms with van der Waals surface area (Å²) in [5, 5.41) is 22.8. The van der Waals surface area contributed by atoms with Crippen LogP contribution >= 0.6 is 0 Å². The Morgan fingerprint density at radius 1 is 1.41 bits per heavy atom. The minimum Gasteiger partial charge on any atom is -0.480 e. The summed E-state index contributed by atoms with van der Waals surface area (Å²) in [6.45, 7) is -0.273. The van der Waals surface area contributed by atoms with Crippen LogP contribution in [0, 0.1) is 0 Å². The predicted molar refractivity (Wildman–Crippen MR) is 56.2 cm³/mol. The Labute approximate surface area is 97.6 Å². The molecule has 0 unspecified atom stereocenters. The molecule has 0 aromatic carbocycles. The monoisotopic (exact) mass is 245 g/mol. The zero-order valence-electron chi connectivity index (χ0n) is 9.34. The van der Waals surface area contributed by atoms with E-state index in [-0.39, 0.29) is 25.4 Å². The number of likely N-dealkylation sites (N-methyl/N-ethyl adjacent to an activating group) is 1. The molecule has 8 nitrogen and oxygen atoms in total. The fourth-order valence-corrected chi connectivity index (χ4v) is 1.62. The molecule has 1 heterocycles. The van der Waals surface area contributed by atoms with E-state index < -0.39 is 24.1 Å². The molecular weight excluding hydrogens is 230 g/mol. The fourth-order valence-electron chi connectivity index (χ4n) is 1.62. The number of hydrogen-bond donors (Lipinski definition) is 4. The van der Waals surface area contributed by atoms with E-state index in [0.29, 0.717) is 0 Å². The van der Waals surface area contributed by atoms with Crippen LogP contribution in [0.1, 0.15) is 6.42 Å². The van der Waals surface area contributed by atoms with Gasteiger partial charge in [-0.05, 0) is 0 Å². The van der Waals surface area contributed by atoms with Crippen LogP contribution in [-0.4, -0.2) is 65.3 Å². The van der Waals surface area contributed by atoms with Crippen molar-refractivity contribution in [1.82, 2.24) is 15.5 Å². The smallest absolute Gasteiger partial charge is 0.326 e. The summed E-state index contributed by atoms with van der Waals surface area (Å²) in [6, 6.07) is -1.72. The Kier molecular flexibility index (Phi) is 4.27. The van der Waals surface area contributed by atoms with Gasteiger partial charge in [0.15, 0.2) is 0 Å². The summed E-state index contributed by atoms with van der Waals surface area (Å²) >= 11 is 0. The van der Waals surface area contributed by atoms with Crippen molar-refractivity contribution in [3.63, 3.8) is 0 Å². The van der Waals surface area contributed by atoms with Crippen molar-refractivity contribution >= 4 is 17.9 Å². The highest BCUT2D eigenvalue weighted by Gasteiger charge is 2.38. The molecular formula is C9H15N3O5. The predicted octanol–water partition coefficient (Wildman–Crippen LogP) is -2.04. The second-order valence-corrected chi connectivity index (χ2v) is 3.73. The molecule has 96 valence electrons. The lowest BCUT2D eigenvalue weighted by Crippen LogP contribution is -2.48. The number of aliphatic carboxylic acids is 1. The van der Waals surface area contributed by atoms with Crippen LogP contribution in [0.5, 0.6) is 0 Å². The standard InChI is InChI=1S/C9H15N3O5/c1-10-7(14)3-11-9(17)12-4-5(13)2-6(12)8(15)16/h5-6,13H,2-4H2,1H3,(H,10,14)(H,11,17)(H,15,16)/t5-,6+/m1/s1. The number of β-amino-alcohol motifs (C(OH)–C–C–N with tert-alkyl or cyclic N) is 1. The molecule has 1 aliphatic rings. The summed E-state index contributed by atoms with van der Waals surface area (Å²) in [5.74, 6) is -1.55. The number of carbonyl (C=O) groups excluding carboxylic acids is 2. The van der Waals surface area contributed by atoms with Crippen LogP contribution in [-0.2, 0) is 9.59 Å². The van der Waals surface area contributed by atoms with Crippen molar-refractivity contribution in [1.29, 1.82) is 0 Å². The Bertz CT molecular complexity index is 333. The van der Waals surface area contributed by atoms with E-state index in [1.54, 1.807) is 0 Å². The van der Waals surface area contributed by atoms with Crippen molar-refractivity contribution < 1.29 is 24.6 Å². The SMILES string of the molecule is CNC(=O)CNC(=O)N1C[C@H](O)C[C@H]1C(=O)O. The summed E-state index contributed by atoms with van der Waals surface area (Å²) < 4.78 is 0. The molecule has 0 aromatic rings. The minimum atomic E-state index is -1.17. The van der Waals surface area contributed by atoms with Crippen molar-refractivity contribution in [3.05, 3.63) is 0 Å². The Morgan fingerprint density at radius 3 is 2.59 bits per heavy atom. The Morgan fingerprint density at radius 2 is 2.06 bits per heavy atom. The van der Waals surface area contributed by atoms with Gasteiger partial charge in [0.2, 0.25) is 5.91 Å². The van der Waals surface area contributed by atoms with E-state index in [1.807, 2.05) is 0 Å². The highest BCUT2D eigenvalue weighted by molar-refractivity contribution is 5.87. The molecule has 0 aliphatic carbocycles. The molecule has 1 rings (SSSR count). The molecule has 17 heavy (non-hydrogen) atoms. The first-order valence-corrected chi connectivity index (χ1v) is 5.11. The van der Waals surface area contributed by atoms with Crippen LogP contribution in [0.2, 0.25) is 0 Å². The molecule has 1 aliphatic heterocycles. The zero-order valence-corrected chi connectivity index (χ0v) is 9.34. The molecule has 0 bridgehead atoms. The molecule has 4 N–H and O–H groups in total. The molecule has 2 atom stereocenters. The number of amides is 3. The molecule has 0 spiro atoms. The number of nitrogens with one attached hydrogen (secondary N) is 2. The third-order valence-electron chi connectivity index (χ3n) is 2.50.